The first-order chi connectivity index (χ1) is 11.7. The number of nitrogens with one attached hydrogen (secondary N) is 3. The minimum atomic E-state index is -0.136. The van der Waals surface area contributed by atoms with Crippen LogP contribution in [0.1, 0.15) is 37.7 Å². The fraction of sp³-hybridized carbons (Fsp3) is 0.474. The minimum Gasteiger partial charge on any atom is -0.351 e. The average Bonchev–Trinajstić information content (AvgIpc) is 3.03. The molecular weight excluding hydrogens is 302 g/mol. The maximum Gasteiger partial charge on any atom is 0.248 e. The van der Waals surface area contributed by atoms with E-state index in [1.54, 1.807) is 6.07 Å². The number of para-hydroxylation sites is 1. The van der Waals surface area contributed by atoms with E-state index in [0.717, 1.165) is 22.9 Å². The van der Waals surface area contributed by atoms with Crippen LogP contribution in [0.25, 0.3) is 10.9 Å². The quantitative estimate of drug-likeness (QED) is 0.809. The highest BCUT2D eigenvalue weighted by Gasteiger charge is 2.37. The largest absolute Gasteiger partial charge is 0.351 e. The average molecular weight is 325 g/mol. The first kappa shape index (κ1) is 15.4. The lowest BCUT2D eigenvalue weighted by atomic mass is 9.85. The molecular formula is C19H23N3O2. The number of aromatic amines is 1. The fourth-order valence-electron chi connectivity index (χ4n) is 4.25. The van der Waals surface area contributed by atoms with Gasteiger partial charge in [0, 0.05) is 29.6 Å². The molecule has 1 saturated carbocycles. The second kappa shape index (κ2) is 6.40. The Hall–Kier alpha value is -2.14. The van der Waals surface area contributed by atoms with Crippen LogP contribution in [0.2, 0.25) is 0 Å². The number of hydrogen-bond acceptors (Lipinski definition) is 3. The van der Waals surface area contributed by atoms with Gasteiger partial charge in [-0.15, -0.1) is 0 Å². The van der Waals surface area contributed by atoms with Crippen molar-refractivity contribution in [3.63, 3.8) is 0 Å². The molecule has 3 atom stereocenters. The van der Waals surface area contributed by atoms with Crippen molar-refractivity contribution in [1.82, 2.24) is 15.6 Å². The molecule has 3 unspecified atom stereocenters. The topological polar surface area (TPSA) is 74.0 Å². The van der Waals surface area contributed by atoms with Gasteiger partial charge in [-0.2, -0.15) is 0 Å². The second-order valence-electron chi connectivity index (χ2n) is 7.03. The van der Waals surface area contributed by atoms with Crippen LogP contribution in [0.4, 0.5) is 0 Å². The van der Waals surface area contributed by atoms with Crippen LogP contribution in [0, 0.1) is 5.92 Å². The normalized spacial score (nSPS) is 26.2. The third-order valence-electron chi connectivity index (χ3n) is 5.47. The highest BCUT2D eigenvalue weighted by Crippen LogP contribution is 2.33. The smallest absolute Gasteiger partial charge is 0.248 e. The number of carbonyl (C=O) groups is 1. The molecule has 0 spiro atoms. The van der Waals surface area contributed by atoms with Crippen molar-refractivity contribution >= 4 is 16.8 Å². The highest BCUT2D eigenvalue weighted by molar-refractivity contribution is 5.84. The summed E-state index contributed by atoms with van der Waals surface area (Å²) in [4.78, 5) is 27.1. The van der Waals surface area contributed by atoms with E-state index >= 15 is 0 Å². The van der Waals surface area contributed by atoms with Crippen molar-refractivity contribution in [3.8, 4) is 0 Å². The van der Waals surface area contributed by atoms with Crippen LogP contribution >= 0.6 is 0 Å². The van der Waals surface area contributed by atoms with Crippen LogP contribution in [-0.2, 0) is 11.3 Å². The number of carbonyl (C=O) groups excluding carboxylic acids is 1. The zero-order valence-electron chi connectivity index (χ0n) is 13.7. The summed E-state index contributed by atoms with van der Waals surface area (Å²) in [7, 11) is 0. The highest BCUT2D eigenvalue weighted by atomic mass is 16.2. The van der Waals surface area contributed by atoms with Crippen LogP contribution in [0.3, 0.4) is 0 Å². The van der Waals surface area contributed by atoms with Crippen LogP contribution < -0.4 is 16.2 Å². The molecule has 4 rings (SSSR count). The van der Waals surface area contributed by atoms with Crippen molar-refractivity contribution in [2.45, 2.75) is 50.7 Å². The van der Waals surface area contributed by atoms with E-state index in [1.165, 1.54) is 25.7 Å². The van der Waals surface area contributed by atoms with Gasteiger partial charge in [0.25, 0.3) is 0 Å². The van der Waals surface area contributed by atoms with E-state index in [-0.39, 0.29) is 17.5 Å². The number of pyridine rings is 1. The second-order valence-corrected chi connectivity index (χ2v) is 7.03. The Morgan fingerprint density at radius 2 is 2.04 bits per heavy atom. The van der Waals surface area contributed by atoms with Crippen molar-refractivity contribution in [1.29, 1.82) is 0 Å². The first-order valence-corrected chi connectivity index (χ1v) is 8.85. The van der Waals surface area contributed by atoms with E-state index in [9.17, 15) is 9.59 Å². The van der Waals surface area contributed by atoms with E-state index in [4.69, 9.17) is 0 Å². The molecule has 1 aromatic carbocycles. The lowest BCUT2D eigenvalue weighted by molar-refractivity contribution is -0.123. The lowest BCUT2D eigenvalue weighted by Crippen LogP contribution is -2.43. The molecule has 0 radical (unpaired) electrons. The fourth-order valence-corrected chi connectivity index (χ4v) is 4.25. The van der Waals surface area contributed by atoms with Gasteiger partial charge in [-0.05, 0) is 36.8 Å². The predicted octanol–water partition coefficient (Wildman–Crippen LogP) is 2.06. The van der Waals surface area contributed by atoms with Crippen molar-refractivity contribution < 1.29 is 4.79 Å². The molecule has 1 aromatic heterocycles. The van der Waals surface area contributed by atoms with E-state index in [1.807, 2.05) is 24.3 Å². The third-order valence-corrected chi connectivity index (χ3v) is 5.47. The van der Waals surface area contributed by atoms with Gasteiger partial charge in [-0.1, -0.05) is 31.0 Å². The Balaban J connectivity index is 1.45. The van der Waals surface area contributed by atoms with Crippen molar-refractivity contribution in [2.75, 3.05) is 0 Å². The zero-order valence-corrected chi connectivity index (χ0v) is 13.7. The molecule has 2 aromatic rings. The molecule has 1 amide bonds. The van der Waals surface area contributed by atoms with E-state index in [0.29, 0.717) is 18.5 Å². The van der Waals surface area contributed by atoms with E-state index in [2.05, 4.69) is 15.6 Å². The number of rotatable bonds is 3. The predicted molar refractivity (Wildman–Crippen MR) is 93.7 cm³/mol. The molecule has 2 aliphatic rings. The number of aromatic nitrogens is 1. The lowest BCUT2D eigenvalue weighted by Gasteiger charge is -2.24. The van der Waals surface area contributed by atoms with Gasteiger partial charge in [-0.3, -0.25) is 9.59 Å². The molecule has 126 valence electrons. The van der Waals surface area contributed by atoms with Gasteiger partial charge in [0.15, 0.2) is 0 Å². The third kappa shape index (κ3) is 2.96. The Bertz CT molecular complexity index is 800. The maximum absolute atomic E-state index is 12.5. The molecule has 2 fully saturated rings. The summed E-state index contributed by atoms with van der Waals surface area (Å²) < 4.78 is 0. The number of benzene rings is 1. The van der Waals surface area contributed by atoms with Gasteiger partial charge >= 0.3 is 0 Å². The van der Waals surface area contributed by atoms with Gasteiger partial charge in [-0.25, -0.2) is 0 Å². The Morgan fingerprint density at radius 3 is 2.92 bits per heavy atom. The molecule has 3 N–H and O–H groups in total. The SMILES string of the molecule is O=C(NCc1cc(=O)[nH]c2ccccc12)C1CC2CCCCC2N1. The molecule has 1 aliphatic carbocycles. The van der Waals surface area contributed by atoms with Crippen molar-refractivity contribution in [2.24, 2.45) is 5.92 Å². The Kier molecular flexibility index (Phi) is 4.10. The molecule has 5 heteroatoms. The number of hydrogen-bond donors (Lipinski definition) is 3. The van der Waals surface area contributed by atoms with E-state index < -0.39 is 0 Å². The van der Waals surface area contributed by atoms with Crippen LogP contribution in [0.15, 0.2) is 35.1 Å². The number of amides is 1. The standard InChI is InChI=1S/C19H23N3O2/c23-18-10-13(14-6-2-4-8-16(14)22-18)11-20-19(24)17-9-12-5-1-3-7-15(12)21-17/h2,4,6,8,10,12,15,17,21H,1,3,5,7,9,11H2,(H,20,24)(H,22,23). The summed E-state index contributed by atoms with van der Waals surface area (Å²) in [5, 5.41) is 7.49. The molecule has 1 saturated heterocycles. The zero-order chi connectivity index (χ0) is 16.5. The van der Waals surface area contributed by atoms with Crippen LogP contribution in [0.5, 0.6) is 0 Å². The van der Waals surface area contributed by atoms with Gasteiger partial charge < -0.3 is 15.6 Å². The van der Waals surface area contributed by atoms with Gasteiger partial charge in [0.05, 0.1) is 6.04 Å². The van der Waals surface area contributed by atoms with Crippen molar-refractivity contribution in [3.05, 3.63) is 46.2 Å². The Morgan fingerprint density at radius 1 is 1.21 bits per heavy atom. The van der Waals surface area contributed by atoms with Gasteiger partial charge in [0.2, 0.25) is 11.5 Å². The molecule has 2 heterocycles. The summed E-state index contributed by atoms with van der Waals surface area (Å²) >= 11 is 0. The summed E-state index contributed by atoms with van der Waals surface area (Å²) in [6, 6.07) is 9.67. The maximum atomic E-state index is 12.5. The molecule has 24 heavy (non-hydrogen) atoms. The molecule has 5 nitrogen and oxygen atoms in total. The molecule has 0 bridgehead atoms. The number of H-pyrrole nitrogens is 1. The summed E-state index contributed by atoms with van der Waals surface area (Å²) in [6.07, 6.45) is 5.91. The molecule has 1 aliphatic heterocycles. The Labute approximate surface area is 140 Å². The number of fused-ring (bicyclic) bond motifs is 2. The monoisotopic (exact) mass is 325 g/mol. The minimum absolute atomic E-state index is 0.0498. The summed E-state index contributed by atoms with van der Waals surface area (Å²) in [5.74, 6) is 0.698. The first-order valence-electron chi connectivity index (χ1n) is 8.85. The van der Waals surface area contributed by atoms with Crippen LogP contribution in [-0.4, -0.2) is 23.0 Å². The summed E-state index contributed by atoms with van der Waals surface area (Å²) in [6.45, 7) is 0.386. The van der Waals surface area contributed by atoms with Gasteiger partial charge in [0.1, 0.15) is 0 Å². The summed E-state index contributed by atoms with van der Waals surface area (Å²) in [5.41, 5.74) is 1.53.